The zero-order chi connectivity index (χ0) is 14.3. The van der Waals surface area contributed by atoms with Crippen LogP contribution in [0.2, 0.25) is 0 Å². The lowest BCUT2D eigenvalue weighted by Gasteiger charge is -2.36. The van der Waals surface area contributed by atoms with Gasteiger partial charge in [-0.15, -0.1) is 0 Å². The van der Waals surface area contributed by atoms with Crippen LogP contribution in [0.5, 0.6) is 0 Å². The highest BCUT2D eigenvalue weighted by Crippen LogP contribution is 2.49. The van der Waals surface area contributed by atoms with Crippen LogP contribution in [-0.2, 0) is 9.05 Å². The number of rotatable bonds is 8. The molecular formula is C12H23N2O2PS2. The van der Waals surface area contributed by atoms with Gasteiger partial charge in [0, 0.05) is 23.6 Å². The maximum Gasteiger partial charge on any atom is 0.259 e. The zero-order valence-corrected chi connectivity index (χ0v) is 14.6. The van der Waals surface area contributed by atoms with Gasteiger partial charge in [0.15, 0.2) is 0 Å². The van der Waals surface area contributed by atoms with E-state index in [9.17, 15) is 0 Å². The van der Waals surface area contributed by atoms with E-state index in [1.165, 1.54) is 0 Å². The Morgan fingerprint density at radius 3 is 2.32 bits per heavy atom. The van der Waals surface area contributed by atoms with Crippen LogP contribution in [-0.4, -0.2) is 41.0 Å². The first-order valence-corrected chi connectivity index (χ1v) is 10.2. The summed E-state index contributed by atoms with van der Waals surface area (Å²) >= 11 is 0. The molecule has 0 aromatic carbocycles. The molecule has 7 heteroatoms. The smallest absolute Gasteiger partial charge is 0.259 e. The van der Waals surface area contributed by atoms with Gasteiger partial charge in [0.2, 0.25) is 0 Å². The van der Waals surface area contributed by atoms with Crippen molar-refractivity contribution in [2.75, 3.05) is 18.1 Å². The molecule has 0 bridgehead atoms. The minimum Gasteiger partial charge on any atom is -0.321 e. The number of nitrogens with zero attached hydrogens (tertiary/aromatic N) is 2. The van der Waals surface area contributed by atoms with E-state index < -0.39 is 8.53 Å². The van der Waals surface area contributed by atoms with Crippen molar-refractivity contribution in [2.24, 2.45) is 0 Å². The van der Waals surface area contributed by atoms with Crippen molar-refractivity contribution in [1.29, 1.82) is 5.26 Å². The van der Waals surface area contributed by atoms with Gasteiger partial charge >= 0.3 is 0 Å². The summed E-state index contributed by atoms with van der Waals surface area (Å²) in [4.78, 5) is 0. The predicted octanol–water partition coefficient (Wildman–Crippen LogP) is 4.04. The maximum atomic E-state index is 8.64. The zero-order valence-electron chi connectivity index (χ0n) is 12.0. The van der Waals surface area contributed by atoms with Gasteiger partial charge in [0.25, 0.3) is 8.53 Å². The minimum atomic E-state index is -1.07. The molecule has 0 aliphatic carbocycles. The van der Waals surface area contributed by atoms with Crippen molar-refractivity contribution in [3.05, 3.63) is 0 Å². The Morgan fingerprint density at radius 2 is 1.84 bits per heavy atom. The quantitative estimate of drug-likeness (QED) is 0.382. The summed E-state index contributed by atoms with van der Waals surface area (Å²) in [6, 6.07) is 2.86. The normalized spacial score (nSPS) is 18.4. The van der Waals surface area contributed by atoms with E-state index in [2.05, 4.69) is 38.4 Å². The van der Waals surface area contributed by atoms with Gasteiger partial charge in [-0.1, -0.05) is 21.6 Å². The first kappa shape index (κ1) is 17.6. The Hall–Kier alpha value is 0.500. The van der Waals surface area contributed by atoms with E-state index in [1.54, 1.807) is 0 Å². The van der Waals surface area contributed by atoms with Gasteiger partial charge in [-0.05, 0) is 27.7 Å². The van der Waals surface area contributed by atoms with Crippen LogP contribution < -0.4 is 0 Å². The van der Waals surface area contributed by atoms with Crippen molar-refractivity contribution in [1.82, 2.24) is 4.67 Å². The summed E-state index contributed by atoms with van der Waals surface area (Å²) in [5, 5.41) is 8.64. The number of hydrogen-bond acceptors (Lipinski definition) is 6. The second kappa shape index (κ2) is 9.44. The second-order valence-electron chi connectivity index (χ2n) is 4.84. The molecule has 0 spiro atoms. The SMILES string of the molecule is CC(C)N(C(C)C)P(OCCC#N)OC1CSSC1. The van der Waals surface area contributed by atoms with E-state index >= 15 is 0 Å². The lowest BCUT2D eigenvalue weighted by molar-refractivity contribution is 0.154. The Bertz CT molecular complexity index is 286. The van der Waals surface area contributed by atoms with E-state index in [4.69, 9.17) is 14.3 Å². The standard InChI is InChI=1S/C12H23N2O2PS2/c1-10(2)14(11(3)4)17(15-7-5-6-13)16-12-8-18-19-9-12/h10-12H,5,7-9H2,1-4H3. The second-order valence-corrected chi connectivity index (χ2v) is 8.80. The average molecular weight is 322 g/mol. The third-order valence-electron chi connectivity index (χ3n) is 2.49. The molecule has 1 rings (SSSR count). The lowest BCUT2D eigenvalue weighted by atomic mass is 10.3. The van der Waals surface area contributed by atoms with E-state index in [1.807, 2.05) is 21.6 Å². The molecule has 0 aromatic heterocycles. The molecule has 1 fully saturated rings. The maximum absolute atomic E-state index is 8.64. The largest absolute Gasteiger partial charge is 0.321 e. The van der Waals surface area contributed by atoms with Crippen LogP contribution in [0.15, 0.2) is 0 Å². The topological polar surface area (TPSA) is 45.5 Å². The van der Waals surface area contributed by atoms with Gasteiger partial charge < -0.3 is 9.05 Å². The number of hydrogen-bond donors (Lipinski definition) is 0. The molecule has 1 aliphatic heterocycles. The highest BCUT2D eigenvalue weighted by atomic mass is 33.1. The monoisotopic (exact) mass is 322 g/mol. The third kappa shape index (κ3) is 6.20. The van der Waals surface area contributed by atoms with Gasteiger partial charge in [-0.3, -0.25) is 0 Å². The fourth-order valence-corrected chi connectivity index (χ4v) is 6.19. The molecule has 19 heavy (non-hydrogen) atoms. The summed E-state index contributed by atoms with van der Waals surface area (Å²) in [6.07, 6.45) is 0.684. The lowest BCUT2D eigenvalue weighted by Crippen LogP contribution is -2.35. The van der Waals surface area contributed by atoms with E-state index in [0.29, 0.717) is 25.1 Å². The molecular weight excluding hydrogens is 299 g/mol. The first-order valence-electron chi connectivity index (χ1n) is 6.55. The fraction of sp³-hybridized carbons (Fsp3) is 0.917. The van der Waals surface area contributed by atoms with Crippen molar-refractivity contribution in [2.45, 2.75) is 52.3 Å². The summed E-state index contributed by atoms with van der Waals surface area (Å²) < 4.78 is 14.3. The Kier molecular flexibility index (Phi) is 8.72. The molecule has 1 heterocycles. The molecule has 1 atom stereocenters. The van der Waals surface area contributed by atoms with Gasteiger partial charge in [-0.2, -0.15) is 5.26 Å². The summed E-state index contributed by atoms with van der Waals surface area (Å²) in [6.45, 7) is 9.08. The van der Waals surface area contributed by atoms with Gasteiger partial charge in [0.05, 0.1) is 25.2 Å². The molecule has 1 aliphatic rings. The third-order valence-corrected chi connectivity index (χ3v) is 7.17. The molecule has 0 saturated carbocycles. The van der Waals surface area contributed by atoms with Crippen molar-refractivity contribution >= 4 is 30.1 Å². The van der Waals surface area contributed by atoms with Crippen LogP contribution in [0.25, 0.3) is 0 Å². The molecule has 1 unspecified atom stereocenters. The Morgan fingerprint density at radius 1 is 1.26 bits per heavy atom. The number of nitriles is 1. The van der Waals surface area contributed by atoms with Crippen LogP contribution in [0, 0.1) is 11.3 Å². The molecule has 110 valence electrons. The molecule has 4 nitrogen and oxygen atoms in total. The van der Waals surface area contributed by atoms with Gasteiger partial charge in [0.1, 0.15) is 0 Å². The van der Waals surface area contributed by atoms with Gasteiger partial charge in [-0.25, -0.2) is 4.67 Å². The predicted molar refractivity (Wildman–Crippen MR) is 85.0 cm³/mol. The van der Waals surface area contributed by atoms with Crippen molar-refractivity contribution in [3.8, 4) is 6.07 Å². The first-order chi connectivity index (χ1) is 9.06. The van der Waals surface area contributed by atoms with E-state index in [0.717, 1.165) is 11.5 Å². The highest BCUT2D eigenvalue weighted by Gasteiger charge is 2.31. The van der Waals surface area contributed by atoms with Crippen molar-refractivity contribution < 1.29 is 9.05 Å². The van der Waals surface area contributed by atoms with Crippen LogP contribution in [0.1, 0.15) is 34.1 Å². The minimum absolute atomic E-state index is 0.267. The fourth-order valence-electron chi connectivity index (χ4n) is 1.78. The molecule has 1 saturated heterocycles. The van der Waals surface area contributed by atoms with E-state index in [-0.39, 0.29) is 6.10 Å². The Labute approximate surface area is 126 Å². The van der Waals surface area contributed by atoms with Crippen molar-refractivity contribution in [3.63, 3.8) is 0 Å². The summed E-state index contributed by atoms with van der Waals surface area (Å²) in [5.74, 6) is 2.05. The summed E-state index contributed by atoms with van der Waals surface area (Å²) in [5.41, 5.74) is 0. The molecule has 0 N–H and O–H groups in total. The summed E-state index contributed by atoms with van der Waals surface area (Å²) in [7, 11) is 2.64. The highest BCUT2D eigenvalue weighted by molar-refractivity contribution is 8.77. The van der Waals surface area contributed by atoms with Crippen LogP contribution in [0.3, 0.4) is 0 Å². The molecule has 0 aromatic rings. The molecule has 0 radical (unpaired) electrons. The average Bonchev–Trinajstić information content (AvgIpc) is 2.81. The Balaban J connectivity index is 2.62. The van der Waals surface area contributed by atoms with Crippen LogP contribution >= 0.6 is 30.1 Å². The molecule has 0 amide bonds. The van der Waals surface area contributed by atoms with Crippen LogP contribution in [0.4, 0.5) is 0 Å².